The lowest BCUT2D eigenvalue weighted by Crippen LogP contribution is -2.50. The summed E-state index contributed by atoms with van der Waals surface area (Å²) in [4.78, 5) is 135. The Morgan fingerprint density at radius 1 is 0.637 bits per heavy atom. The van der Waals surface area contributed by atoms with Crippen LogP contribution in [-0.2, 0) is 39.1 Å². The SMILES string of the molecule is Cc1sc2nc1C(=O)N[C@@H]([C@H](O)c1ccccc1)c1nc(cs1)C(=O)N[C@@H](Cc1ccc(O)cc1)C(=O)N1C[C@H](O)[C@H](C)[C@H]1c1nc(cs1)-c1nc(cs1)-c1nc(-c3nc(C(=O)N(Cc4ccc(C(=O)O)cc4)Cc4ccc(S(N)(=O)=O)cc4)cs3)ccc1-c1nc(cs1)C(=O)N[C@H]2CC(N)=O. The minimum Gasteiger partial charge on any atom is -0.508 e. The molecule has 6 amide bonds. The lowest BCUT2D eigenvalue weighted by Gasteiger charge is -2.29. The van der Waals surface area contributed by atoms with E-state index in [0.717, 1.165) is 45.3 Å². The molecule has 27 nitrogen and oxygen atoms in total. The molecule has 0 unspecified atom stereocenters. The number of pyridine rings is 1. The second-order valence-electron chi connectivity index (χ2n) is 23.9. The third-order valence-corrected chi connectivity index (χ3v) is 23.4. The number of aromatic hydroxyl groups is 1. The van der Waals surface area contributed by atoms with Crippen LogP contribution in [0, 0.1) is 12.8 Å². The molecule has 520 valence electrons. The number of carbonyl (C=O) groups excluding carboxylic acids is 6. The third-order valence-electron chi connectivity index (χ3n) is 16.9. The number of benzene rings is 4. The molecule has 0 radical (unpaired) electrons. The highest BCUT2D eigenvalue weighted by molar-refractivity contribution is 7.89. The summed E-state index contributed by atoms with van der Waals surface area (Å²) in [5.74, 6) is -5.90. The van der Waals surface area contributed by atoms with Gasteiger partial charge in [0.2, 0.25) is 21.8 Å². The number of aromatic carboxylic acids is 1. The number of hydrogen-bond donors (Lipinski definition) is 9. The Labute approximate surface area is 604 Å². The molecule has 102 heavy (non-hydrogen) atoms. The number of rotatable bonds is 14. The number of primary sulfonamides is 1. The lowest BCUT2D eigenvalue weighted by molar-refractivity contribution is -0.134. The summed E-state index contributed by atoms with van der Waals surface area (Å²) in [6.07, 6.45) is -2.97. The Balaban J connectivity index is 0.885. The number of carboxylic acids is 1. The van der Waals surface area contributed by atoms with Crippen molar-refractivity contribution in [3.8, 4) is 49.1 Å². The third kappa shape index (κ3) is 15.2. The van der Waals surface area contributed by atoms with Gasteiger partial charge in [-0.15, -0.1) is 68.0 Å². The fourth-order valence-electron chi connectivity index (χ4n) is 11.6. The largest absolute Gasteiger partial charge is 0.508 e. The van der Waals surface area contributed by atoms with E-state index in [-0.39, 0.29) is 80.7 Å². The van der Waals surface area contributed by atoms with E-state index in [9.17, 15) is 57.6 Å². The van der Waals surface area contributed by atoms with Crippen molar-refractivity contribution in [2.45, 2.75) is 81.0 Å². The first-order valence-corrected chi connectivity index (χ1v) is 37.9. The van der Waals surface area contributed by atoms with Crippen molar-refractivity contribution < 1.29 is 62.4 Å². The number of aliphatic hydroxyl groups is 2. The molecule has 4 aromatic carbocycles. The number of carboxylic acid groups (broad SMARTS) is 1. The number of sulfonamides is 1. The summed E-state index contributed by atoms with van der Waals surface area (Å²) < 4.78 is 24.2. The van der Waals surface area contributed by atoms with Crippen LogP contribution in [0.5, 0.6) is 5.75 Å². The van der Waals surface area contributed by atoms with Crippen LogP contribution >= 0.6 is 68.0 Å². The Bertz CT molecular complexity index is 5160. The van der Waals surface area contributed by atoms with Crippen molar-refractivity contribution in [2.24, 2.45) is 16.8 Å². The van der Waals surface area contributed by atoms with Gasteiger partial charge in [-0.1, -0.05) is 73.7 Å². The predicted octanol–water partition coefficient (Wildman–Crippen LogP) is 8.48. The van der Waals surface area contributed by atoms with Gasteiger partial charge < -0.3 is 51.9 Å². The smallest absolute Gasteiger partial charge is 0.335 e. The standard InChI is InChI=1S/C68H58N14O13S7/c1-32-50(84)26-82-55(32)65-77-48(30-100-65)62-74-45(27-97-62)53-41(20-21-42(71-53)61-78-49(31-98-61)66(90)81(24-35-8-14-38(15-9-35)68(92)93)25-36-12-18-40(19-13-36)102(70,94)95)60-75-46(28-96-60)57(87)72-43(23-51(69)85)63-80-52(33(2)101-63)59(89)79-54(56(86)37-6-4-3-5-7-37)64-76-47(29-99-64)58(88)73-44(67(82)91)22-34-10-16-39(83)17-11-34/h3-21,27-32,43-44,50,54-56,83-84,86H,22-26H2,1-2H3,(H2,69,85)(H,72,87)(H,73,88)(H,79,89)(H,92,93)(H2,70,94,95)/t32-,43-,44-,50-,54-,55-,56+/m0/s1. The van der Waals surface area contributed by atoms with Crippen LogP contribution < -0.4 is 26.8 Å². The summed E-state index contributed by atoms with van der Waals surface area (Å²) in [6.45, 7) is 3.25. The maximum atomic E-state index is 15.3. The van der Waals surface area contributed by atoms with E-state index in [1.54, 1.807) is 96.7 Å². The molecular formula is C68H58N14O13S7. The summed E-state index contributed by atoms with van der Waals surface area (Å²) >= 11 is 6.66. The molecule has 13 rings (SSSR count). The Morgan fingerprint density at radius 3 is 1.93 bits per heavy atom. The van der Waals surface area contributed by atoms with Crippen LogP contribution in [0.1, 0.15) is 132 Å². The number of nitrogens with one attached hydrogen (secondary N) is 3. The first-order valence-electron chi connectivity index (χ1n) is 31.1. The van der Waals surface area contributed by atoms with Crippen LogP contribution in [0.4, 0.5) is 0 Å². The van der Waals surface area contributed by atoms with Gasteiger partial charge in [0.25, 0.3) is 23.6 Å². The number of aromatic nitrogens is 7. The van der Waals surface area contributed by atoms with Crippen LogP contribution in [0.15, 0.2) is 147 Å². The molecule has 7 aromatic heterocycles. The zero-order chi connectivity index (χ0) is 71.8. The molecule has 1 fully saturated rings. The number of phenols is 1. The molecular weight excluding hydrogens is 1450 g/mol. The normalized spacial score (nSPS) is 18.3. The van der Waals surface area contributed by atoms with Crippen molar-refractivity contribution in [1.82, 2.24) is 60.6 Å². The number of aryl methyl sites for hydroxylation is 1. The van der Waals surface area contributed by atoms with Gasteiger partial charge in [-0.05, 0) is 77.7 Å². The highest BCUT2D eigenvalue weighted by Gasteiger charge is 2.46. The van der Waals surface area contributed by atoms with E-state index < -0.39 is 100 Å². The lowest BCUT2D eigenvalue weighted by atomic mass is 10.00. The van der Waals surface area contributed by atoms with Crippen LogP contribution in [0.2, 0.25) is 0 Å². The molecule has 9 heterocycles. The van der Waals surface area contributed by atoms with Crippen LogP contribution in [0.25, 0.3) is 43.4 Å². The van der Waals surface area contributed by atoms with Gasteiger partial charge in [0.05, 0.1) is 40.8 Å². The molecule has 0 spiro atoms. The van der Waals surface area contributed by atoms with E-state index in [1.807, 2.05) is 0 Å². The van der Waals surface area contributed by atoms with E-state index in [4.69, 9.17) is 35.8 Å². The molecule has 1 saturated heterocycles. The summed E-state index contributed by atoms with van der Waals surface area (Å²) in [5, 5.41) is 67.1. The molecule has 10 bridgehead atoms. The molecule has 34 heteroatoms. The van der Waals surface area contributed by atoms with Gasteiger partial charge in [0.1, 0.15) is 93.8 Å². The quantitative estimate of drug-likeness (QED) is 0.0492. The number of carbonyl (C=O) groups is 7. The number of primary amides is 1. The fraction of sp³-hybridized carbons (Fsp3) is 0.206. The first kappa shape index (κ1) is 70.2. The Morgan fingerprint density at radius 2 is 1.24 bits per heavy atom. The molecule has 11 aromatic rings. The van der Waals surface area contributed by atoms with Crippen LogP contribution in [-0.4, -0.2) is 134 Å². The number of hydrogen-bond acceptors (Lipinski definition) is 25. The van der Waals surface area contributed by atoms with Gasteiger partial charge in [-0.2, -0.15) is 0 Å². The highest BCUT2D eigenvalue weighted by Crippen LogP contribution is 2.43. The average molecular weight is 1500 g/mol. The second kappa shape index (κ2) is 29.4. The Kier molecular flexibility index (Phi) is 20.2. The van der Waals surface area contributed by atoms with Crippen molar-refractivity contribution in [3.05, 3.63) is 213 Å². The number of thiazole rings is 6. The van der Waals surface area contributed by atoms with Crippen LogP contribution in [0.3, 0.4) is 0 Å². The number of nitrogens with zero attached hydrogens (tertiary/aromatic N) is 9. The molecule has 0 saturated carbocycles. The molecule has 11 N–H and O–H groups in total. The zero-order valence-corrected chi connectivity index (χ0v) is 59.1. The average Bonchev–Trinajstić information content (AvgIpc) is 1.62. The van der Waals surface area contributed by atoms with Crippen molar-refractivity contribution in [1.29, 1.82) is 0 Å². The van der Waals surface area contributed by atoms with Gasteiger partial charge in [0.15, 0.2) is 0 Å². The van der Waals surface area contributed by atoms with E-state index in [0.29, 0.717) is 69.8 Å². The number of nitrogens with two attached hydrogens (primary N) is 2. The zero-order valence-electron chi connectivity index (χ0n) is 53.4. The monoisotopic (exact) mass is 1500 g/mol. The minimum absolute atomic E-state index is 0.00596. The highest BCUT2D eigenvalue weighted by atomic mass is 32.2. The number of aliphatic hydroxyl groups excluding tert-OH is 2. The molecule has 2 aliphatic heterocycles. The van der Waals surface area contributed by atoms with Crippen molar-refractivity contribution in [2.75, 3.05) is 6.54 Å². The number of fused-ring (bicyclic) bond motifs is 16. The maximum absolute atomic E-state index is 15.3. The molecule has 0 aliphatic carbocycles. The predicted molar refractivity (Wildman–Crippen MR) is 381 cm³/mol. The summed E-state index contributed by atoms with van der Waals surface area (Å²) in [5.41, 5.74) is 9.33. The van der Waals surface area contributed by atoms with Gasteiger partial charge in [-0.3, -0.25) is 28.8 Å². The Hall–Kier alpha value is -10.3. The second-order valence-corrected chi connectivity index (χ2v) is 31.1. The number of phenolic OH excluding ortho intramolecular Hbond substituents is 1. The van der Waals surface area contributed by atoms with Gasteiger partial charge >= 0.3 is 5.97 Å². The van der Waals surface area contributed by atoms with Gasteiger partial charge in [-0.25, -0.2) is 53.2 Å². The minimum atomic E-state index is -4.03. The van der Waals surface area contributed by atoms with E-state index >= 15 is 4.79 Å². The van der Waals surface area contributed by atoms with Crippen molar-refractivity contribution >= 4 is 119 Å². The molecule has 2 aliphatic rings. The maximum Gasteiger partial charge on any atom is 0.335 e. The number of amides is 6. The van der Waals surface area contributed by atoms with Gasteiger partial charge in [0, 0.05) is 69.3 Å². The fourth-order valence-corrected chi connectivity index (χ4v) is 17.5. The molecule has 7 atom stereocenters. The van der Waals surface area contributed by atoms with E-state index in [2.05, 4.69) is 25.9 Å². The first-order chi connectivity index (χ1) is 48.9. The van der Waals surface area contributed by atoms with Crippen molar-refractivity contribution in [3.63, 3.8) is 0 Å². The topological polar surface area (TPSA) is 419 Å². The summed E-state index contributed by atoms with van der Waals surface area (Å²) in [7, 11) is -4.03. The summed E-state index contributed by atoms with van der Waals surface area (Å²) in [6, 6.07) is 25.1. The van der Waals surface area contributed by atoms with E-state index in [1.165, 1.54) is 91.8 Å².